The quantitative estimate of drug-likeness (QED) is 0.528. The van der Waals surface area contributed by atoms with Gasteiger partial charge in [-0.25, -0.2) is 9.97 Å². The van der Waals surface area contributed by atoms with Crippen molar-refractivity contribution in [1.29, 1.82) is 0 Å². The van der Waals surface area contributed by atoms with E-state index in [-0.39, 0.29) is 16.9 Å². The summed E-state index contributed by atoms with van der Waals surface area (Å²) in [5, 5.41) is 0. The molecule has 0 aromatic carbocycles. The molecule has 0 spiro atoms. The van der Waals surface area contributed by atoms with E-state index < -0.39 is 0 Å². The first-order valence-electron chi connectivity index (χ1n) is 10.4. The highest BCUT2D eigenvalue weighted by Gasteiger charge is 2.24. The van der Waals surface area contributed by atoms with Crippen molar-refractivity contribution in [2.24, 2.45) is 0 Å². The van der Waals surface area contributed by atoms with Crippen LogP contribution in [0.25, 0.3) is 0 Å². The average Bonchev–Trinajstić information content (AvgIpc) is 3.28. The average molecular weight is 391 g/mol. The first-order valence-corrected chi connectivity index (χ1v) is 10.4. The molecule has 158 valence electrons. The number of nitrogens with zero attached hydrogens (tertiary/aromatic N) is 2. The monoisotopic (exact) mass is 390 g/mol. The molecule has 6 nitrogen and oxygen atoms in total. The molecule has 2 aromatic rings. The zero-order valence-electron chi connectivity index (χ0n) is 18.7. The molecule has 28 heavy (non-hydrogen) atoms. The van der Waals surface area contributed by atoms with Gasteiger partial charge in [-0.15, -0.1) is 0 Å². The first-order chi connectivity index (χ1) is 13.1. The van der Waals surface area contributed by atoms with Gasteiger partial charge in [0.15, 0.2) is 0 Å². The second-order valence-corrected chi connectivity index (χ2v) is 9.33. The molecule has 2 N–H and O–H groups in total. The van der Waals surface area contributed by atoms with Crippen molar-refractivity contribution >= 4 is 0 Å². The summed E-state index contributed by atoms with van der Waals surface area (Å²) in [4.78, 5) is 15.7. The maximum Gasteiger partial charge on any atom is 0.132 e. The maximum atomic E-state index is 6.02. The molecular weight excluding hydrogens is 352 g/mol. The lowest BCUT2D eigenvalue weighted by molar-refractivity contribution is 0.0391. The van der Waals surface area contributed by atoms with Gasteiger partial charge in [0.25, 0.3) is 0 Å². The Bertz CT molecular complexity index is 712. The van der Waals surface area contributed by atoms with Crippen LogP contribution in [0.2, 0.25) is 0 Å². The van der Waals surface area contributed by atoms with Gasteiger partial charge in [0.2, 0.25) is 0 Å². The molecule has 0 radical (unpaired) electrons. The molecule has 0 saturated heterocycles. The molecule has 2 rings (SSSR count). The van der Waals surface area contributed by atoms with E-state index in [9.17, 15) is 0 Å². The lowest BCUT2D eigenvalue weighted by atomic mass is 9.84. The number of ether oxygens (including phenoxy) is 2. The van der Waals surface area contributed by atoms with Crippen molar-refractivity contribution in [2.75, 3.05) is 6.61 Å². The highest BCUT2D eigenvalue weighted by molar-refractivity contribution is 5.13. The molecule has 0 saturated carbocycles. The number of rotatable bonds is 11. The summed E-state index contributed by atoms with van der Waals surface area (Å²) in [5.74, 6) is 1.79. The molecule has 2 aromatic heterocycles. The third-order valence-electron chi connectivity index (χ3n) is 5.06. The van der Waals surface area contributed by atoms with E-state index in [0.717, 1.165) is 48.9 Å². The molecule has 0 amide bonds. The van der Waals surface area contributed by atoms with Gasteiger partial charge in [-0.2, -0.15) is 0 Å². The summed E-state index contributed by atoms with van der Waals surface area (Å²) >= 11 is 0. The maximum absolute atomic E-state index is 6.02. The van der Waals surface area contributed by atoms with Gasteiger partial charge in [0, 0.05) is 41.2 Å². The second-order valence-electron chi connectivity index (χ2n) is 9.33. The predicted molar refractivity (Wildman–Crippen MR) is 112 cm³/mol. The van der Waals surface area contributed by atoms with E-state index in [4.69, 9.17) is 9.47 Å². The summed E-state index contributed by atoms with van der Waals surface area (Å²) in [6, 6.07) is 0. The van der Waals surface area contributed by atoms with E-state index in [2.05, 4.69) is 68.4 Å². The van der Waals surface area contributed by atoms with Crippen LogP contribution >= 0.6 is 0 Å². The largest absolute Gasteiger partial charge is 0.374 e. The number of aromatic amines is 2. The fourth-order valence-corrected chi connectivity index (χ4v) is 2.91. The van der Waals surface area contributed by atoms with Crippen LogP contribution in [0.5, 0.6) is 0 Å². The van der Waals surface area contributed by atoms with Crippen molar-refractivity contribution in [3.8, 4) is 0 Å². The normalized spacial score (nSPS) is 13.8. The van der Waals surface area contributed by atoms with Crippen LogP contribution in [-0.2, 0) is 33.5 Å². The van der Waals surface area contributed by atoms with Crippen molar-refractivity contribution in [3.05, 3.63) is 35.4 Å². The molecular formula is C22H38N4O2. The smallest absolute Gasteiger partial charge is 0.132 e. The molecule has 0 aliphatic rings. The standard InChI is InChI=1S/C22H38N4O2/c1-8-11-27-14-19-24-13-18(26-19)22(6,7)10-9-16(2)28-15-20-23-12-17(25-20)21(3,4)5/h12-13,16H,8-11,14-15H2,1-7H3,(H,23,25)(H,24,26). The minimum atomic E-state index is 0.0116. The van der Waals surface area contributed by atoms with Crippen LogP contribution in [0, 0.1) is 0 Å². The number of H-pyrrole nitrogens is 2. The second kappa shape index (κ2) is 9.70. The van der Waals surface area contributed by atoms with Gasteiger partial charge in [-0.05, 0) is 26.2 Å². The van der Waals surface area contributed by atoms with Crippen molar-refractivity contribution < 1.29 is 9.47 Å². The number of nitrogens with one attached hydrogen (secondary N) is 2. The fourth-order valence-electron chi connectivity index (χ4n) is 2.91. The molecule has 1 unspecified atom stereocenters. The van der Waals surface area contributed by atoms with Crippen LogP contribution in [0.15, 0.2) is 12.4 Å². The summed E-state index contributed by atoms with van der Waals surface area (Å²) in [6.45, 7) is 17.1. The highest BCUT2D eigenvalue weighted by Crippen LogP contribution is 2.28. The Morgan fingerprint density at radius 2 is 1.57 bits per heavy atom. The zero-order valence-corrected chi connectivity index (χ0v) is 18.7. The Morgan fingerprint density at radius 3 is 2.18 bits per heavy atom. The van der Waals surface area contributed by atoms with Gasteiger partial charge in [0.1, 0.15) is 24.9 Å². The Labute approximate surface area is 169 Å². The third kappa shape index (κ3) is 6.74. The van der Waals surface area contributed by atoms with Gasteiger partial charge in [-0.3, -0.25) is 0 Å². The lowest BCUT2D eigenvalue weighted by Crippen LogP contribution is -2.21. The number of aromatic nitrogens is 4. The molecule has 2 heterocycles. The summed E-state index contributed by atoms with van der Waals surface area (Å²) in [6.07, 6.45) is 7.02. The van der Waals surface area contributed by atoms with Gasteiger partial charge in [-0.1, -0.05) is 41.5 Å². The van der Waals surface area contributed by atoms with Crippen LogP contribution in [0.1, 0.15) is 90.8 Å². The summed E-state index contributed by atoms with van der Waals surface area (Å²) in [7, 11) is 0. The van der Waals surface area contributed by atoms with E-state index in [1.165, 1.54) is 0 Å². The molecule has 1 atom stereocenters. The number of hydrogen-bond acceptors (Lipinski definition) is 4. The van der Waals surface area contributed by atoms with Gasteiger partial charge in [0.05, 0.1) is 6.10 Å². The van der Waals surface area contributed by atoms with Crippen molar-refractivity contribution in [2.45, 2.75) is 97.9 Å². The number of hydrogen-bond donors (Lipinski definition) is 2. The minimum absolute atomic E-state index is 0.0116. The van der Waals surface area contributed by atoms with Crippen LogP contribution in [0.3, 0.4) is 0 Å². The Morgan fingerprint density at radius 1 is 0.964 bits per heavy atom. The van der Waals surface area contributed by atoms with Crippen molar-refractivity contribution in [1.82, 2.24) is 19.9 Å². The predicted octanol–water partition coefficient (Wildman–Crippen LogP) is 5.02. The molecule has 0 aliphatic carbocycles. The fraction of sp³-hybridized carbons (Fsp3) is 0.727. The molecule has 0 aliphatic heterocycles. The van der Waals surface area contributed by atoms with E-state index in [1.54, 1.807) is 0 Å². The van der Waals surface area contributed by atoms with Crippen LogP contribution in [0.4, 0.5) is 0 Å². The Hall–Kier alpha value is -1.66. The van der Waals surface area contributed by atoms with E-state index in [0.29, 0.717) is 13.2 Å². The van der Waals surface area contributed by atoms with Crippen molar-refractivity contribution in [3.63, 3.8) is 0 Å². The molecule has 0 bridgehead atoms. The van der Waals surface area contributed by atoms with E-state index in [1.807, 2.05) is 12.4 Å². The SMILES string of the molecule is CCCOCc1ncc(C(C)(C)CCC(C)OCc2ncc(C(C)(C)C)[nH]2)[nH]1. The first kappa shape index (κ1) is 22.6. The third-order valence-corrected chi connectivity index (χ3v) is 5.06. The minimum Gasteiger partial charge on any atom is -0.374 e. The van der Waals surface area contributed by atoms with Crippen LogP contribution < -0.4 is 0 Å². The highest BCUT2D eigenvalue weighted by atomic mass is 16.5. The lowest BCUT2D eigenvalue weighted by Gasteiger charge is -2.25. The Kier molecular flexibility index (Phi) is 7.84. The zero-order chi connectivity index (χ0) is 20.8. The summed E-state index contributed by atoms with van der Waals surface area (Å²) < 4.78 is 11.6. The topological polar surface area (TPSA) is 75.8 Å². The molecule has 6 heteroatoms. The summed E-state index contributed by atoms with van der Waals surface area (Å²) in [5.41, 5.74) is 2.37. The van der Waals surface area contributed by atoms with Gasteiger partial charge >= 0.3 is 0 Å². The van der Waals surface area contributed by atoms with Crippen LogP contribution in [-0.4, -0.2) is 32.6 Å². The van der Waals surface area contributed by atoms with E-state index >= 15 is 0 Å². The molecule has 0 fully saturated rings. The Balaban J connectivity index is 1.79. The van der Waals surface area contributed by atoms with Gasteiger partial charge < -0.3 is 19.4 Å². The number of imidazole rings is 2.